The maximum absolute atomic E-state index is 10.7. The second-order valence-corrected chi connectivity index (χ2v) is 5.34. The summed E-state index contributed by atoms with van der Waals surface area (Å²) in [5, 5.41) is 8.36. The Hall–Kier alpha value is -0.700. The second-order valence-electron chi connectivity index (χ2n) is 2.96. The normalized spacial score (nSPS) is 16.4. The Morgan fingerprint density at radius 1 is 1.57 bits per heavy atom. The van der Waals surface area contributed by atoms with Gasteiger partial charge in [0.1, 0.15) is 0 Å². The van der Waals surface area contributed by atoms with Gasteiger partial charge in [-0.25, -0.2) is 14.8 Å². The first-order valence-electron chi connectivity index (χ1n) is 4.04. The molecule has 0 amide bonds. The Morgan fingerprint density at radius 3 is 3.00 bits per heavy atom. The Kier molecular flexibility index (Phi) is 2.43. The molecule has 0 radical (unpaired) electrons. The fraction of sp³-hybridized carbons (Fsp3) is 0.500. The molecule has 0 aliphatic carbocycles. The third kappa shape index (κ3) is 2.21. The molecule has 0 aromatic carbocycles. The molecule has 1 aromatic heterocycles. The second kappa shape index (κ2) is 3.46. The van der Waals surface area contributed by atoms with Gasteiger partial charge in [-0.15, -0.1) is 0 Å². The van der Waals surface area contributed by atoms with Gasteiger partial charge < -0.3 is 5.32 Å². The Labute approximate surface area is 85.7 Å². The first-order valence-corrected chi connectivity index (χ1v) is 6.41. The zero-order valence-corrected chi connectivity index (χ0v) is 8.91. The number of aromatic nitrogens is 1. The molecule has 8 heteroatoms. The summed E-state index contributed by atoms with van der Waals surface area (Å²) in [5.41, 5.74) is 0.958. The van der Waals surface area contributed by atoms with E-state index in [1.54, 1.807) is 0 Å². The monoisotopic (exact) mass is 234 g/mol. The van der Waals surface area contributed by atoms with Crippen molar-refractivity contribution in [2.45, 2.75) is 13.0 Å². The molecule has 14 heavy (non-hydrogen) atoms. The number of nitrogens with two attached hydrogens (primary N) is 1. The van der Waals surface area contributed by atoms with E-state index in [0.29, 0.717) is 5.13 Å². The first-order chi connectivity index (χ1) is 6.54. The highest BCUT2D eigenvalue weighted by molar-refractivity contribution is 7.90. The summed E-state index contributed by atoms with van der Waals surface area (Å²) in [6.07, 6.45) is 0.831. The molecule has 1 aliphatic rings. The van der Waals surface area contributed by atoms with E-state index in [4.69, 9.17) is 5.14 Å². The molecule has 1 aliphatic heterocycles. The van der Waals surface area contributed by atoms with Crippen LogP contribution in [0.25, 0.3) is 0 Å². The SMILES string of the molecule is NS(=O)(=O)Nc1nc2c(s1)CNCC2. The molecule has 0 bridgehead atoms. The summed E-state index contributed by atoms with van der Waals surface area (Å²) in [7, 11) is -3.70. The van der Waals surface area contributed by atoms with Gasteiger partial charge in [-0.05, 0) is 0 Å². The average Bonchev–Trinajstić information content (AvgIpc) is 2.42. The van der Waals surface area contributed by atoms with Crippen molar-refractivity contribution in [2.24, 2.45) is 5.14 Å². The lowest BCUT2D eigenvalue weighted by molar-refractivity contribution is 0.603. The number of nitrogens with one attached hydrogen (secondary N) is 2. The van der Waals surface area contributed by atoms with Gasteiger partial charge in [0.2, 0.25) is 0 Å². The fourth-order valence-corrected chi connectivity index (χ4v) is 2.92. The van der Waals surface area contributed by atoms with Crippen molar-refractivity contribution in [1.29, 1.82) is 0 Å². The summed E-state index contributed by atoms with van der Waals surface area (Å²) >= 11 is 1.32. The van der Waals surface area contributed by atoms with Crippen molar-refractivity contribution in [1.82, 2.24) is 10.3 Å². The number of hydrogen-bond acceptors (Lipinski definition) is 5. The van der Waals surface area contributed by atoms with Crippen LogP contribution in [0.3, 0.4) is 0 Å². The number of rotatable bonds is 2. The van der Waals surface area contributed by atoms with E-state index in [1.165, 1.54) is 11.3 Å². The molecule has 0 spiro atoms. The van der Waals surface area contributed by atoms with Crippen LogP contribution < -0.4 is 15.2 Å². The van der Waals surface area contributed by atoms with Crippen LogP contribution in [-0.4, -0.2) is 19.9 Å². The molecular formula is C6H10N4O2S2. The highest BCUT2D eigenvalue weighted by Crippen LogP contribution is 2.25. The van der Waals surface area contributed by atoms with Gasteiger partial charge in [0.15, 0.2) is 5.13 Å². The summed E-state index contributed by atoms with van der Waals surface area (Å²) in [4.78, 5) is 5.22. The zero-order valence-electron chi connectivity index (χ0n) is 7.28. The van der Waals surface area contributed by atoms with Gasteiger partial charge in [-0.1, -0.05) is 11.3 Å². The molecule has 1 aromatic rings. The van der Waals surface area contributed by atoms with Crippen molar-refractivity contribution < 1.29 is 8.42 Å². The maximum atomic E-state index is 10.7. The quantitative estimate of drug-likeness (QED) is 0.636. The standard InChI is InChI=1S/C6H10N4O2S2/c7-14(11,12)10-6-9-4-1-2-8-3-5(4)13-6/h8H,1-3H2,(H,9,10)(H2,7,11,12). The summed E-state index contributed by atoms with van der Waals surface area (Å²) < 4.78 is 23.6. The molecule has 78 valence electrons. The lowest BCUT2D eigenvalue weighted by atomic mass is 10.2. The largest absolute Gasteiger partial charge is 0.311 e. The van der Waals surface area contributed by atoms with Crippen LogP contribution in [0.4, 0.5) is 5.13 Å². The van der Waals surface area contributed by atoms with Crippen molar-refractivity contribution in [3.05, 3.63) is 10.6 Å². The summed E-state index contributed by atoms with van der Waals surface area (Å²) in [6.45, 7) is 1.63. The Morgan fingerprint density at radius 2 is 2.36 bits per heavy atom. The van der Waals surface area contributed by atoms with E-state index in [1.807, 2.05) is 0 Å². The van der Waals surface area contributed by atoms with Gasteiger partial charge >= 0.3 is 0 Å². The smallest absolute Gasteiger partial charge is 0.298 e. The average molecular weight is 234 g/mol. The highest BCUT2D eigenvalue weighted by Gasteiger charge is 2.16. The molecule has 2 heterocycles. The topological polar surface area (TPSA) is 97.1 Å². The van der Waals surface area contributed by atoms with E-state index in [0.717, 1.165) is 30.1 Å². The molecule has 6 nitrogen and oxygen atoms in total. The summed E-state index contributed by atoms with van der Waals surface area (Å²) in [5.74, 6) is 0. The van der Waals surface area contributed by atoms with E-state index >= 15 is 0 Å². The van der Waals surface area contributed by atoms with E-state index in [2.05, 4.69) is 15.0 Å². The third-order valence-corrected chi connectivity index (χ3v) is 3.45. The number of fused-ring (bicyclic) bond motifs is 1. The van der Waals surface area contributed by atoms with Crippen LogP contribution >= 0.6 is 11.3 Å². The van der Waals surface area contributed by atoms with Crippen molar-refractivity contribution in [3.8, 4) is 0 Å². The Bertz CT molecular complexity index is 415. The highest BCUT2D eigenvalue weighted by atomic mass is 32.2. The molecule has 0 saturated heterocycles. The third-order valence-electron chi connectivity index (χ3n) is 1.83. The number of anilines is 1. The van der Waals surface area contributed by atoms with Gasteiger partial charge in [0.25, 0.3) is 10.2 Å². The minimum absolute atomic E-state index is 0.348. The van der Waals surface area contributed by atoms with Crippen molar-refractivity contribution >= 4 is 26.7 Å². The van der Waals surface area contributed by atoms with E-state index in [-0.39, 0.29) is 0 Å². The lowest BCUT2D eigenvalue weighted by Gasteiger charge is -2.09. The predicted octanol–water partition coefficient (Wildman–Crippen LogP) is -0.596. The van der Waals surface area contributed by atoms with Crippen LogP contribution in [0.1, 0.15) is 10.6 Å². The predicted molar refractivity (Wildman–Crippen MR) is 54.3 cm³/mol. The number of thiazole rings is 1. The van der Waals surface area contributed by atoms with Crippen molar-refractivity contribution in [3.63, 3.8) is 0 Å². The molecule has 0 unspecified atom stereocenters. The van der Waals surface area contributed by atoms with Gasteiger partial charge in [0.05, 0.1) is 5.69 Å². The van der Waals surface area contributed by atoms with Gasteiger partial charge in [-0.2, -0.15) is 8.42 Å². The van der Waals surface area contributed by atoms with Crippen LogP contribution in [0, 0.1) is 0 Å². The van der Waals surface area contributed by atoms with Gasteiger partial charge in [-0.3, -0.25) is 0 Å². The van der Waals surface area contributed by atoms with Crippen LogP contribution in [0.5, 0.6) is 0 Å². The minimum Gasteiger partial charge on any atom is -0.311 e. The molecule has 0 atom stereocenters. The van der Waals surface area contributed by atoms with Gasteiger partial charge in [0, 0.05) is 24.4 Å². The number of hydrogen-bond donors (Lipinski definition) is 3. The minimum atomic E-state index is -3.70. The maximum Gasteiger partial charge on any atom is 0.298 e. The number of nitrogens with zero attached hydrogens (tertiary/aromatic N) is 1. The molecule has 2 rings (SSSR count). The summed E-state index contributed by atoms with van der Waals surface area (Å²) in [6, 6.07) is 0. The van der Waals surface area contributed by atoms with Crippen LogP contribution in [0.2, 0.25) is 0 Å². The van der Waals surface area contributed by atoms with Crippen molar-refractivity contribution in [2.75, 3.05) is 11.3 Å². The van der Waals surface area contributed by atoms with Crippen LogP contribution in [-0.2, 0) is 23.2 Å². The Balaban J connectivity index is 2.24. The van der Waals surface area contributed by atoms with Crippen LogP contribution in [0.15, 0.2) is 0 Å². The fourth-order valence-electron chi connectivity index (χ4n) is 1.29. The molecule has 0 fully saturated rings. The molecule has 4 N–H and O–H groups in total. The first kappa shape index (κ1) is 9.84. The molecule has 0 saturated carbocycles. The van der Waals surface area contributed by atoms with E-state index < -0.39 is 10.2 Å². The lowest BCUT2D eigenvalue weighted by Crippen LogP contribution is -2.22. The van der Waals surface area contributed by atoms with E-state index in [9.17, 15) is 8.42 Å². The molecular weight excluding hydrogens is 224 g/mol. The zero-order chi connectivity index (χ0) is 10.2.